The van der Waals surface area contributed by atoms with Gasteiger partial charge in [-0.2, -0.15) is 5.26 Å². The van der Waals surface area contributed by atoms with Crippen LogP contribution in [0.25, 0.3) is 10.8 Å². The molecule has 2 nitrogen and oxygen atoms in total. The monoisotopic (exact) mass is 258 g/mol. The highest BCUT2D eigenvalue weighted by Gasteiger charge is 1.97. The topological polar surface area (TPSA) is 35.8 Å². The van der Waals surface area contributed by atoms with Gasteiger partial charge in [0.15, 0.2) is 0 Å². The second-order valence-corrected chi connectivity index (χ2v) is 4.72. The maximum Gasteiger partial charge on any atom is 0.0991 e. The number of nitrogens with zero attached hydrogens (tertiary/aromatic N) is 1. The van der Waals surface area contributed by atoms with Crippen LogP contribution in [0.5, 0.6) is 0 Å². The van der Waals surface area contributed by atoms with E-state index in [-0.39, 0.29) is 0 Å². The highest BCUT2D eigenvalue weighted by molar-refractivity contribution is 5.83. The molecular weight excluding hydrogens is 244 g/mol. The van der Waals surface area contributed by atoms with Crippen molar-refractivity contribution in [3.05, 3.63) is 77.9 Å². The highest BCUT2D eigenvalue weighted by Crippen LogP contribution is 2.17. The van der Waals surface area contributed by atoms with Crippen LogP contribution in [0.2, 0.25) is 0 Å². The van der Waals surface area contributed by atoms with E-state index >= 15 is 0 Å². The van der Waals surface area contributed by atoms with Crippen LogP contribution in [0.3, 0.4) is 0 Å². The van der Waals surface area contributed by atoms with Crippen LogP contribution in [-0.2, 0) is 6.54 Å². The summed E-state index contributed by atoms with van der Waals surface area (Å²) in [5.41, 5.74) is 2.95. The molecule has 0 aliphatic heterocycles. The van der Waals surface area contributed by atoms with E-state index in [2.05, 4.69) is 53.9 Å². The molecule has 3 rings (SSSR count). The Morgan fingerprint density at radius 2 is 1.60 bits per heavy atom. The van der Waals surface area contributed by atoms with Crippen LogP contribution in [0.1, 0.15) is 11.1 Å². The van der Waals surface area contributed by atoms with Gasteiger partial charge in [0, 0.05) is 12.2 Å². The third kappa shape index (κ3) is 2.62. The van der Waals surface area contributed by atoms with Gasteiger partial charge >= 0.3 is 0 Å². The fourth-order valence-electron chi connectivity index (χ4n) is 2.22. The molecule has 2 heteroatoms. The van der Waals surface area contributed by atoms with Gasteiger partial charge in [-0.25, -0.2) is 0 Å². The van der Waals surface area contributed by atoms with E-state index in [1.165, 1.54) is 16.3 Å². The molecule has 0 bridgehead atoms. The Morgan fingerprint density at radius 3 is 2.35 bits per heavy atom. The number of benzene rings is 3. The van der Waals surface area contributed by atoms with Gasteiger partial charge in [0.05, 0.1) is 11.6 Å². The summed E-state index contributed by atoms with van der Waals surface area (Å²) in [5.74, 6) is 0. The minimum atomic E-state index is 0.682. The lowest BCUT2D eigenvalue weighted by atomic mass is 10.1. The van der Waals surface area contributed by atoms with E-state index in [0.717, 1.165) is 12.2 Å². The van der Waals surface area contributed by atoms with Crippen molar-refractivity contribution in [1.82, 2.24) is 0 Å². The number of nitrogens with one attached hydrogen (secondary N) is 1. The van der Waals surface area contributed by atoms with E-state index in [1.54, 1.807) is 0 Å². The normalized spacial score (nSPS) is 10.2. The molecule has 0 atom stereocenters. The molecule has 0 heterocycles. The molecule has 0 spiro atoms. The zero-order valence-corrected chi connectivity index (χ0v) is 11.0. The number of fused-ring (bicyclic) bond motifs is 1. The molecule has 0 unspecified atom stereocenters. The van der Waals surface area contributed by atoms with Crippen molar-refractivity contribution >= 4 is 16.5 Å². The Morgan fingerprint density at radius 1 is 0.850 bits per heavy atom. The number of hydrogen-bond acceptors (Lipinski definition) is 2. The number of hydrogen-bond donors (Lipinski definition) is 1. The quantitative estimate of drug-likeness (QED) is 0.759. The van der Waals surface area contributed by atoms with Crippen LogP contribution in [-0.4, -0.2) is 0 Å². The van der Waals surface area contributed by atoms with Crippen LogP contribution in [0, 0.1) is 11.3 Å². The summed E-state index contributed by atoms with van der Waals surface area (Å²) in [6.07, 6.45) is 0. The average molecular weight is 258 g/mol. The van der Waals surface area contributed by atoms with Crippen molar-refractivity contribution in [2.24, 2.45) is 0 Å². The van der Waals surface area contributed by atoms with Gasteiger partial charge < -0.3 is 5.32 Å². The summed E-state index contributed by atoms with van der Waals surface area (Å²) < 4.78 is 0. The fourth-order valence-corrected chi connectivity index (χ4v) is 2.22. The number of anilines is 1. The molecule has 3 aromatic carbocycles. The lowest BCUT2D eigenvalue weighted by molar-refractivity contribution is 1.15. The maximum absolute atomic E-state index is 8.77. The lowest BCUT2D eigenvalue weighted by Gasteiger charge is -2.07. The molecule has 0 radical (unpaired) electrons. The first-order valence-corrected chi connectivity index (χ1v) is 6.57. The molecule has 1 N–H and O–H groups in total. The van der Waals surface area contributed by atoms with Crippen LogP contribution in [0.15, 0.2) is 66.7 Å². The Kier molecular flexibility index (Phi) is 3.34. The first-order chi connectivity index (χ1) is 9.85. The zero-order valence-electron chi connectivity index (χ0n) is 11.0. The Balaban J connectivity index is 1.74. The molecule has 0 aliphatic carbocycles. The zero-order chi connectivity index (χ0) is 13.8. The van der Waals surface area contributed by atoms with Gasteiger partial charge in [-0.1, -0.05) is 36.4 Å². The predicted molar refractivity (Wildman–Crippen MR) is 82.4 cm³/mol. The lowest BCUT2D eigenvalue weighted by Crippen LogP contribution is -1.99. The molecule has 20 heavy (non-hydrogen) atoms. The van der Waals surface area contributed by atoms with Gasteiger partial charge in [-0.3, -0.25) is 0 Å². The number of rotatable bonds is 3. The van der Waals surface area contributed by atoms with Crippen LogP contribution >= 0.6 is 0 Å². The van der Waals surface area contributed by atoms with Crippen molar-refractivity contribution in [3.8, 4) is 6.07 Å². The van der Waals surface area contributed by atoms with E-state index < -0.39 is 0 Å². The van der Waals surface area contributed by atoms with Crippen molar-refractivity contribution in [1.29, 1.82) is 5.26 Å². The summed E-state index contributed by atoms with van der Waals surface area (Å²) >= 11 is 0. The molecule has 0 aliphatic rings. The van der Waals surface area contributed by atoms with Crippen molar-refractivity contribution in [2.45, 2.75) is 6.54 Å². The number of nitriles is 1. The largest absolute Gasteiger partial charge is 0.381 e. The summed E-state index contributed by atoms with van der Waals surface area (Å²) in [5, 5.41) is 14.6. The van der Waals surface area contributed by atoms with Crippen molar-refractivity contribution in [3.63, 3.8) is 0 Å². The van der Waals surface area contributed by atoms with Gasteiger partial charge in [-0.05, 0) is 46.7 Å². The van der Waals surface area contributed by atoms with Gasteiger partial charge in [0.25, 0.3) is 0 Å². The standard InChI is InChI=1S/C18H14N2/c19-12-14-6-9-18(10-7-14)20-13-15-5-8-16-3-1-2-4-17(16)11-15/h1-11,20H,13H2. The molecule has 0 fully saturated rings. The van der Waals surface area contributed by atoms with Gasteiger partial charge in [0.1, 0.15) is 0 Å². The minimum Gasteiger partial charge on any atom is -0.381 e. The van der Waals surface area contributed by atoms with E-state index in [4.69, 9.17) is 5.26 Å². The molecule has 0 saturated heterocycles. The first kappa shape index (κ1) is 12.3. The van der Waals surface area contributed by atoms with E-state index in [9.17, 15) is 0 Å². The van der Waals surface area contributed by atoms with E-state index in [1.807, 2.05) is 24.3 Å². The third-order valence-corrected chi connectivity index (χ3v) is 3.32. The van der Waals surface area contributed by atoms with Crippen molar-refractivity contribution in [2.75, 3.05) is 5.32 Å². The SMILES string of the molecule is N#Cc1ccc(NCc2ccc3ccccc3c2)cc1. The summed E-state index contributed by atoms with van der Waals surface area (Å²) in [4.78, 5) is 0. The molecule has 3 aromatic rings. The minimum absolute atomic E-state index is 0.682. The smallest absolute Gasteiger partial charge is 0.0991 e. The average Bonchev–Trinajstić information content (AvgIpc) is 2.53. The van der Waals surface area contributed by atoms with E-state index in [0.29, 0.717) is 5.56 Å². The molecule has 0 saturated carbocycles. The molecule has 0 amide bonds. The molecular formula is C18H14N2. The third-order valence-electron chi connectivity index (χ3n) is 3.32. The first-order valence-electron chi connectivity index (χ1n) is 6.57. The van der Waals surface area contributed by atoms with Crippen LogP contribution in [0.4, 0.5) is 5.69 Å². The van der Waals surface area contributed by atoms with Gasteiger partial charge in [-0.15, -0.1) is 0 Å². The summed E-state index contributed by atoms with van der Waals surface area (Å²) in [6, 6.07) is 24.5. The summed E-state index contributed by atoms with van der Waals surface area (Å²) in [7, 11) is 0. The van der Waals surface area contributed by atoms with Crippen molar-refractivity contribution < 1.29 is 0 Å². The molecule has 96 valence electrons. The molecule has 0 aromatic heterocycles. The second kappa shape index (κ2) is 5.46. The Bertz CT molecular complexity index is 767. The summed E-state index contributed by atoms with van der Waals surface area (Å²) in [6.45, 7) is 0.775. The Hall–Kier alpha value is -2.79. The Labute approximate surface area is 118 Å². The maximum atomic E-state index is 8.77. The predicted octanol–water partition coefficient (Wildman–Crippen LogP) is 4.32. The van der Waals surface area contributed by atoms with Crippen LogP contribution < -0.4 is 5.32 Å². The van der Waals surface area contributed by atoms with Gasteiger partial charge in [0.2, 0.25) is 0 Å². The fraction of sp³-hybridized carbons (Fsp3) is 0.0556. The second-order valence-electron chi connectivity index (χ2n) is 4.72. The highest BCUT2D eigenvalue weighted by atomic mass is 14.9.